The molecule has 0 aliphatic rings. The van der Waals surface area contributed by atoms with Crippen molar-refractivity contribution in [1.29, 1.82) is 15.8 Å². The molecule has 0 saturated carbocycles. The second-order valence-corrected chi connectivity index (χ2v) is 15.8. The maximum absolute atomic E-state index is 12.4. The Balaban J connectivity index is 0.000000184. The highest BCUT2D eigenvalue weighted by Gasteiger charge is 2.14. The second-order valence-electron chi connectivity index (χ2n) is 15.8. The lowest BCUT2D eigenvalue weighted by molar-refractivity contribution is 0.101. The third kappa shape index (κ3) is 16.4. The molecule has 20 heteroatoms. The topological polar surface area (TPSA) is 289 Å². The molecule has 0 unspecified atom stereocenters. The fourth-order valence-electron chi connectivity index (χ4n) is 6.51. The molecular weight excluding hydrogens is 965 g/mol. The molecule has 3 N–H and O–H groups in total. The first-order chi connectivity index (χ1) is 36.4. The van der Waals surface area contributed by atoms with Crippen LogP contribution in [0.1, 0.15) is 72.1 Å². The zero-order valence-electron chi connectivity index (χ0n) is 40.0. The number of pyridine rings is 2. The fourth-order valence-corrected chi connectivity index (χ4v) is 6.51. The van der Waals surface area contributed by atoms with Crippen molar-refractivity contribution in [2.24, 2.45) is 0 Å². The molecular formula is C56H44N14O6. The molecule has 20 nitrogen and oxygen atoms in total. The van der Waals surface area contributed by atoms with E-state index in [-0.39, 0.29) is 25.1 Å². The number of rotatable bonds is 12. The third-order valence-corrected chi connectivity index (χ3v) is 9.77. The number of carbonyl (C=O) groups is 3. The number of nitriles is 3. The predicted molar refractivity (Wildman–Crippen MR) is 280 cm³/mol. The van der Waals surface area contributed by atoms with E-state index in [2.05, 4.69) is 61.9 Å². The second kappa shape index (κ2) is 26.8. The molecule has 0 fully saturated rings. The Morgan fingerprint density at radius 3 is 1.09 bits per heavy atom. The molecule has 5 heterocycles. The Morgan fingerprint density at radius 1 is 0.421 bits per heavy atom. The van der Waals surface area contributed by atoms with Gasteiger partial charge in [-0.2, -0.15) is 15.8 Å². The van der Waals surface area contributed by atoms with E-state index in [1.165, 1.54) is 56.2 Å². The van der Waals surface area contributed by atoms with Gasteiger partial charge in [-0.25, -0.2) is 29.9 Å². The monoisotopic (exact) mass is 1010 g/mol. The highest BCUT2D eigenvalue weighted by atomic mass is 16.5. The van der Waals surface area contributed by atoms with Crippen molar-refractivity contribution < 1.29 is 28.6 Å². The van der Waals surface area contributed by atoms with Crippen LogP contribution in [-0.2, 0) is 0 Å². The quantitative estimate of drug-likeness (QED) is 0.102. The summed E-state index contributed by atoms with van der Waals surface area (Å²) in [4.78, 5) is 68.3. The molecule has 76 heavy (non-hydrogen) atoms. The minimum absolute atomic E-state index is 0. The first-order valence-corrected chi connectivity index (χ1v) is 22.2. The van der Waals surface area contributed by atoms with Gasteiger partial charge in [0, 0.05) is 53.2 Å². The van der Waals surface area contributed by atoms with Crippen molar-refractivity contribution >= 4 is 34.8 Å². The third-order valence-electron chi connectivity index (χ3n) is 9.77. The van der Waals surface area contributed by atoms with E-state index in [0.29, 0.717) is 85.2 Å². The van der Waals surface area contributed by atoms with Gasteiger partial charge >= 0.3 is 0 Å². The van der Waals surface area contributed by atoms with Gasteiger partial charge in [-0.05, 0) is 105 Å². The molecule has 9 aromatic rings. The van der Waals surface area contributed by atoms with E-state index in [9.17, 15) is 30.2 Å². The van der Waals surface area contributed by atoms with Crippen molar-refractivity contribution in [1.82, 2.24) is 39.9 Å². The molecule has 0 atom stereocenters. The van der Waals surface area contributed by atoms with E-state index in [0.717, 1.165) is 16.7 Å². The van der Waals surface area contributed by atoms with E-state index < -0.39 is 0 Å². The average Bonchev–Trinajstić information content (AvgIpc) is 3.42. The maximum Gasteiger partial charge on any atom is 0.274 e. The lowest BCUT2D eigenvalue weighted by atomic mass is 10.1. The SMILES string of the molecule is C.Cc1cccc(C(=O)Nc2cc(C#N)cc(Oc3cncnc3)c2)c1.Cc1ccnc(C(=O)Nc2cc(C#N)cc(Oc3cncnc3)c2)c1.Cc1ccnc(C(=O)Nc2cc(C#N)cc(Oc3cncnc3)c2)c1. The summed E-state index contributed by atoms with van der Waals surface area (Å²) in [5.41, 5.74) is 6.38. The van der Waals surface area contributed by atoms with Crippen LogP contribution in [0.15, 0.2) is 172 Å². The molecule has 374 valence electrons. The Bertz CT molecular complexity index is 3230. The van der Waals surface area contributed by atoms with Crippen LogP contribution in [0, 0.1) is 54.8 Å². The van der Waals surface area contributed by atoms with Gasteiger partial charge in [0.15, 0.2) is 17.2 Å². The highest BCUT2D eigenvalue weighted by molar-refractivity contribution is 6.05. The molecule has 0 bridgehead atoms. The zero-order valence-corrected chi connectivity index (χ0v) is 40.0. The first kappa shape index (κ1) is 54.0. The smallest absolute Gasteiger partial charge is 0.274 e. The molecule has 0 spiro atoms. The summed E-state index contributed by atoms with van der Waals surface area (Å²) < 4.78 is 16.9. The van der Waals surface area contributed by atoms with Gasteiger partial charge in [-0.3, -0.25) is 24.4 Å². The van der Waals surface area contributed by atoms with Gasteiger partial charge < -0.3 is 30.2 Å². The van der Waals surface area contributed by atoms with Crippen LogP contribution in [0.4, 0.5) is 17.1 Å². The molecule has 0 radical (unpaired) electrons. The van der Waals surface area contributed by atoms with Crippen molar-refractivity contribution in [2.45, 2.75) is 28.2 Å². The lowest BCUT2D eigenvalue weighted by Gasteiger charge is -2.10. The Morgan fingerprint density at radius 2 is 0.763 bits per heavy atom. The van der Waals surface area contributed by atoms with Crippen LogP contribution in [0.5, 0.6) is 34.5 Å². The van der Waals surface area contributed by atoms with Crippen molar-refractivity contribution in [3.8, 4) is 52.7 Å². The van der Waals surface area contributed by atoms with Gasteiger partial charge in [0.05, 0.1) is 72.1 Å². The van der Waals surface area contributed by atoms with Gasteiger partial charge in [-0.15, -0.1) is 0 Å². The van der Waals surface area contributed by atoms with Crippen LogP contribution in [0.25, 0.3) is 0 Å². The van der Waals surface area contributed by atoms with Crippen LogP contribution in [-0.4, -0.2) is 57.6 Å². The molecule has 0 aliphatic carbocycles. The summed E-state index contributed by atoms with van der Waals surface area (Å²) in [5, 5.41) is 35.8. The number of anilines is 3. The summed E-state index contributed by atoms with van der Waals surface area (Å²) in [6.07, 6.45) is 16.3. The largest absolute Gasteiger partial charge is 0.454 e. The minimum Gasteiger partial charge on any atom is -0.454 e. The Kier molecular flexibility index (Phi) is 19.0. The Labute approximate surface area is 436 Å². The lowest BCUT2D eigenvalue weighted by Crippen LogP contribution is -2.13. The molecule has 0 aliphatic heterocycles. The summed E-state index contributed by atoms with van der Waals surface area (Å²) in [6.45, 7) is 5.67. The van der Waals surface area contributed by atoms with Crippen molar-refractivity contribution in [2.75, 3.05) is 16.0 Å². The summed E-state index contributed by atoms with van der Waals surface area (Å²) in [5.74, 6) is 1.49. The van der Waals surface area contributed by atoms with Crippen molar-refractivity contribution in [3.63, 3.8) is 0 Å². The van der Waals surface area contributed by atoms with E-state index >= 15 is 0 Å². The number of nitrogens with one attached hydrogen (secondary N) is 3. The summed E-state index contributed by atoms with van der Waals surface area (Å²) >= 11 is 0. The van der Waals surface area contributed by atoms with Gasteiger partial charge in [0.25, 0.3) is 17.7 Å². The number of amides is 3. The van der Waals surface area contributed by atoms with Crippen LogP contribution >= 0.6 is 0 Å². The number of benzene rings is 4. The number of carbonyl (C=O) groups excluding carboxylic acids is 3. The molecule has 4 aromatic carbocycles. The minimum atomic E-state index is -0.368. The predicted octanol–water partition coefficient (Wildman–Crippen LogP) is 10.5. The van der Waals surface area contributed by atoms with Gasteiger partial charge in [-0.1, -0.05) is 25.1 Å². The number of ether oxygens (including phenoxy) is 3. The maximum atomic E-state index is 12.4. The van der Waals surface area contributed by atoms with E-state index in [1.54, 1.807) is 103 Å². The zero-order chi connectivity index (χ0) is 52.9. The normalized spacial score (nSPS) is 9.79. The number of hydrogen-bond donors (Lipinski definition) is 3. The van der Waals surface area contributed by atoms with Crippen molar-refractivity contribution in [3.05, 3.63) is 222 Å². The molecule has 9 rings (SSSR count). The van der Waals surface area contributed by atoms with Gasteiger partial charge in [0.1, 0.15) is 47.6 Å². The average molecular weight is 1010 g/mol. The summed E-state index contributed by atoms with van der Waals surface area (Å²) in [7, 11) is 0. The number of aryl methyl sites for hydroxylation is 3. The Hall–Kier alpha value is -11.3. The molecule has 5 aromatic heterocycles. The molecule has 3 amide bonds. The van der Waals surface area contributed by atoms with E-state index in [1.807, 2.05) is 45.0 Å². The number of aromatic nitrogens is 8. The van der Waals surface area contributed by atoms with Crippen LogP contribution in [0.3, 0.4) is 0 Å². The van der Waals surface area contributed by atoms with Crippen LogP contribution in [0.2, 0.25) is 0 Å². The standard InChI is InChI=1S/C19H14N4O2.2C18H13N5O2.CH4/c1-13-3-2-4-15(5-13)19(24)23-16-6-14(9-20)7-17(8-16)25-18-10-21-12-22-11-18;2*1-12-2-3-22-17(4-12)18(24)23-14-5-13(8-19)6-15(7-14)25-16-9-20-11-21-10-16;/h2-8,10-12H,1H3,(H,23,24);2*2-7,9-11H,1H3,(H,23,24);1H4. The first-order valence-electron chi connectivity index (χ1n) is 22.2. The van der Waals surface area contributed by atoms with Gasteiger partial charge in [0.2, 0.25) is 0 Å². The highest BCUT2D eigenvalue weighted by Crippen LogP contribution is 2.28. The van der Waals surface area contributed by atoms with E-state index in [4.69, 9.17) is 14.2 Å². The number of hydrogen-bond acceptors (Lipinski definition) is 17. The van der Waals surface area contributed by atoms with Crippen LogP contribution < -0.4 is 30.2 Å². The fraction of sp³-hybridized carbons (Fsp3) is 0.0714. The molecule has 0 saturated heterocycles. The summed E-state index contributed by atoms with van der Waals surface area (Å²) in [6, 6.07) is 34.6. The number of nitrogens with zero attached hydrogens (tertiary/aromatic N) is 11.